The fourth-order valence-corrected chi connectivity index (χ4v) is 9.35. The molecule has 0 atom stereocenters. The molecule has 0 spiro atoms. The number of hydrogen-bond acceptors (Lipinski definition) is 9. The Morgan fingerprint density at radius 1 is 0.423 bits per heavy atom. The number of Topliss-reactive ketones (excluding diaryl/α,β-unsaturated/α-hetero) is 6. The molecule has 3 aromatic carbocycles. The molecule has 3 aromatic heterocycles. The van der Waals surface area contributed by atoms with Crippen molar-refractivity contribution >= 4 is 67.8 Å². The lowest BCUT2D eigenvalue weighted by Crippen LogP contribution is -2.20. The molecule has 0 bridgehead atoms. The number of H-pyrrole nitrogens is 2. The zero-order chi connectivity index (χ0) is 51.4. The Kier molecular flexibility index (Phi) is 15.6. The van der Waals surface area contributed by atoms with E-state index in [1.807, 2.05) is 49.5 Å². The minimum absolute atomic E-state index is 0.000775. The summed E-state index contributed by atoms with van der Waals surface area (Å²) in [5.74, 6) is 2.35. The molecule has 0 aliphatic heterocycles. The monoisotopic (exact) mass is 956 g/mol. The van der Waals surface area contributed by atoms with Crippen molar-refractivity contribution in [1.82, 2.24) is 29.5 Å². The van der Waals surface area contributed by atoms with Gasteiger partial charge in [0, 0.05) is 93.2 Å². The van der Waals surface area contributed by atoms with Crippen LogP contribution in [0, 0.1) is 5.82 Å². The van der Waals surface area contributed by atoms with E-state index in [-0.39, 0.29) is 40.5 Å². The Morgan fingerprint density at radius 2 is 0.817 bits per heavy atom. The van der Waals surface area contributed by atoms with Gasteiger partial charge in [-0.1, -0.05) is 24.3 Å². The molecule has 3 aliphatic carbocycles. The van der Waals surface area contributed by atoms with Crippen LogP contribution in [0.1, 0.15) is 118 Å². The highest BCUT2D eigenvalue weighted by Crippen LogP contribution is 2.30. The molecule has 366 valence electrons. The maximum atomic E-state index is 13.2. The third-order valence-electron chi connectivity index (χ3n) is 14.3. The predicted molar refractivity (Wildman–Crippen MR) is 275 cm³/mol. The first-order chi connectivity index (χ1) is 33.8. The van der Waals surface area contributed by atoms with E-state index in [0.717, 1.165) is 70.7 Å². The quantitative estimate of drug-likeness (QED) is 0.113. The van der Waals surface area contributed by atoms with Crippen molar-refractivity contribution in [2.45, 2.75) is 120 Å². The van der Waals surface area contributed by atoms with Gasteiger partial charge in [0.05, 0.1) is 33.1 Å². The van der Waals surface area contributed by atoms with E-state index in [1.165, 1.54) is 12.1 Å². The van der Waals surface area contributed by atoms with E-state index in [9.17, 15) is 33.2 Å². The van der Waals surface area contributed by atoms with Crippen LogP contribution >= 0.6 is 0 Å². The molecule has 2 N–H and O–H groups in total. The van der Waals surface area contributed by atoms with E-state index in [2.05, 4.69) is 35.6 Å². The zero-order valence-electron chi connectivity index (χ0n) is 42.3. The highest BCUT2D eigenvalue weighted by atomic mass is 19.1. The summed E-state index contributed by atoms with van der Waals surface area (Å²) >= 11 is 0. The van der Waals surface area contributed by atoms with Gasteiger partial charge in [0.25, 0.3) is 0 Å². The molecule has 13 heteroatoms. The first kappa shape index (κ1) is 51.3. The van der Waals surface area contributed by atoms with Crippen LogP contribution in [0.5, 0.6) is 0 Å². The normalized spacial score (nSPS) is 15.9. The molecule has 6 aromatic rings. The van der Waals surface area contributed by atoms with Crippen molar-refractivity contribution in [1.29, 1.82) is 0 Å². The third-order valence-corrected chi connectivity index (χ3v) is 14.3. The van der Waals surface area contributed by atoms with E-state index in [1.54, 1.807) is 68.4 Å². The van der Waals surface area contributed by atoms with Gasteiger partial charge in [0.2, 0.25) is 0 Å². The number of aromatic nitrogens is 6. The molecule has 3 heterocycles. The van der Waals surface area contributed by atoms with Crippen LogP contribution in [0.4, 0.5) is 4.39 Å². The number of para-hydroxylation sites is 4. The van der Waals surface area contributed by atoms with Crippen LogP contribution in [0.3, 0.4) is 0 Å². The number of halogens is 1. The fourth-order valence-electron chi connectivity index (χ4n) is 9.35. The molecule has 0 amide bonds. The summed E-state index contributed by atoms with van der Waals surface area (Å²) in [4.78, 5) is 93.7. The summed E-state index contributed by atoms with van der Waals surface area (Å²) in [6.45, 7) is 15.6. The topological polar surface area (TPSA) is 178 Å². The highest BCUT2D eigenvalue weighted by molar-refractivity contribution is 6.26. The van der Waals surface area contributed by atoms with Gasteiger partial charge in [0.15, 0.2) is 34.7 Å². The molecule has 0 saturated heterocycles. The van der Waals surface area contributed by atoms with Gasteiger partial charge < -0.3 is 14.5 Å². The summed E-state index contributed by atoms with van der Waals surface area (Å²) in [6.07, 6.45) is 6.22. The number of rotatable bonds is 12. The lowest BCUT2D eigenvalue weighted by molar-refractivity contribution is -0.116. The van der Waals surface area contributed by atoms with Crippen LogP contribution in [0.25, 0.3) is 33.1 Å². The van der Waals surface area contributed by atoms with Gasteiger partial charge in [-0.3, -0.25) is 28.8 Å². The number of imidazole rings is 3. The van der Waals surface area contributed by atoms with Crippen LogP contribution in [0.2, 0.25) is 0 Å². The van der Waals surface area contributed by atoms with Gasteiger partial charge in [-0.2, -0.15) is 0 Å². The Balaban J connectivity index is 0.000000157. The fraction of sp³-hybridized carbons (Fsp3) is 0.328. The van der Waals surface area contributed by atoms with Gasteiger partial charge in [-0.25, -0.2) is 19.3 Å². The average Bonchev–Trinajstić information content (AvgIpc) is 4.07. The van der Waals surface area contributed by atoms with Crippen LogP contribution < -0.4 is 0 Å². The number of ketones is 6. The van der Waals surface area contributed by atoms with Crippen molar-refractivity contribution in [3.05, 3.63) is 157 Å². The predicted octanol–water partition coefficient (Wildman–Crippen LogP) is 11.2. The Bertz CT molecular complexity index is 3380. The first-order valence-electron chi connectivity index (χ1n) is 24.2. The summed E-state index contributed by atoms with van der Waals surface area (Å²) in [6, 6.07) is 20.4. The number of fused-ring (bicyclic) bond motifs is 3. The number of nitrogens with zero attached hydrogens (tertiary/aromatic N) is 4. The van der Waals surface area contributed by atoms with Crippen molar-refractivity contribution in [3.8, 4) is 0 Å². The second-order valence-corrected chi connectivity index (χ2v) is 18.7. The van der Waals surface area contributed by atoms with Crippen molar-refractivity contribution in [3.63, 3.8) is 0 Å². The summed E-state index contributed by atoms with van der Waals surface area (Å²) in [5.41, 5.74) is 12.6. The molecule has 0 saturated carbocycles. The Morgan fingerprint density at radius 3 is 1.28 bits per heavy atom. The van der Waals surface area contributed by atoms with Gasteiger partial charge in [0.1, 0.15) is 23.3 Å². The molecule has 0 fully saturated rings. The van der Waals surface area contributed by atoms with Crippen LogP contribution in [-0.2, 0) is 55.1 Å². The van der Waals surface area contributed by atoms with Gasteiger partial charge in [-0.15, -0.1) is 0 Å². The molecule has 71 heavy (non-hydrogen) atoms. The summed E-state index contributed by atoms with van der Waals surface area (Å²) in [7, 11) is 2.01. The lowest BCUT2D eigenvalue weighted by Gasteiger charge is -2.18. The van der Waals surface area contributed by atoms with Gasteiger partial charge >= 0.3 is 0 Å². The number of carbonyl (C=O) groups is 6. The zero-order valence-corrected chi connectivity index (χ0v) is 42.3. The number of aromatic amines is 2. The number of nitrogens with one attached hydrogen (secondary N) is 2. The maximum Gasteiger partial charge on any atom is 0.185 e. The second-order valence-electron chi connectivity index (χ2n) is 18.7. The largest absolute Gasteiger partial charge is 0.342 e. The summed E-state index contributed by atoms with van der Waals surface area (Å²) < 4.78 is 15.3. The van der Waals surface area contributed by atoms with Crippen LogP contribution in [0.15, 0.2) is 134 Å². The summed E-state index contributed by atoms with van der Waals surface area (Å²) in [5, 5.41) is 0. The SMILES string of the molecule is CC1=C(C)C(=O)C(CCCc2nc3ccc(F)cc3[nH]2)=C(C)C1=O.CC1=C(C)C(=O)C(CCCc2nc3ccccc3[nH]2)=C(C)C1=O.CC1=C(C)C(=O)C(CCCc2nc3ccccc3n2C)=C(C)C1=O. The molecule has 9 rings (SSSR count). The third kappa shape index (κ3) is 10.8. The minimum Gasteiger partial charge on any atom is -0.342 e. The minimum atomic E-state index is -0.303. The number of carbonyl (C=O) groups excluding carboxylic acids is 6. The number of allylic oxidation sites excluding steroid dienone is 12. The van der Waals surface area contributed by atoms with E-state index in [4.69, 9.17) is 0 Å². The molecule has 0 unspecified atom stereocenters. The standard InChI is InChI=1S/C20H22N2O2.C19H19FN2O2.C19H20N2O2/c1-12-13(2)20(24)15(14(3)19(12)23)8-7-11-18-21-16-9-5-6-10-17(16)22(18)4;1-10-11(2)19(24)14(12(3)18(10)23)5-4-6-17-21-15-8-7-13(20)9-16(15)22-17;1-11-12(2)19(23)14(13(3)18(11)22)7-6-10-17-20-15-8-4-5-9-16(15)21-17/h5-6,9-10H,7-8,11H2,1-4H3;7-9H,4-6H2,1-3H3,(H,21,22);4-5,8-9H,6-7,10H2,1-3H3,(H,20,21). The number of hydrogen-bond donors (Lipinski definition) is 2. The average molecular weight is 957 g/mol. The Hall–Kier alpha value is -7.54. The molecular weight excluding hydrogens is 896 g/mol. The molecule has 12 nitrogen and oxygen atoms in total. The van der Waals surface area contributed by atoms with E-state index in [0.29, 0.717) is 104 Å². The van der Waals surface area contributed by atoms with Crippen molar-refractivity contribution in [2.24, 2.45) is 7.05 Å². The van der Waals surface area contributed by atoms with E-state index >= 15 is 0 Å². The highest BCUT2D eigenvalue weighted by Gasteiger charge is 2.30. The number of aryl methyl sites for hydroxylation is 4. The Labute approximate surface area is 413 Å². The molecular formula is C58H61FN6O6. The van der Waals surface area contributed by atoms with Crippen LogP contribution in [-0.4, -0.2) is 64.2 Å². The number of benzene rings is 3. The van der Waals surface area contributed by atoms with E-state index < -0.39 is 0 Å². The second kappa shape index (κ2) is 21.6. The smallest absolute Gasteiger partial charge is 0.185 e. The molecule has 3 aliphatic rings. The van der Waals surface area contributed by atoms with Crippen molar-refractivity contribution in [2.75, 3.05) is 0 Å². The molecule has 0 radical (unpaired) electrons. The van der Waals surface area contributed by atoms with Crippen molar-refractivity contribution < 1.29 is 33.2 Å². The van der Waals surface area contributed by atoms with Gasteiger partial charge in [-0.05, 0) is 143 Å². The first-order valence-corrected chi connectivity index (χ1v) is 24.2. The maximum absolute atomic E-state index is 13.2. The lowest BCUT2D eigenvalue weighted by atomic mass is 9.84.